The van der Waals surface area contributed by atoms with E-state index in [4.69, 9.17) is 4.74 Å². The smallest absolute Gasteiger partial charge is 0.408 e. The fourth-order valence-electron chi connectivity index (χ4n) is 4.92. The van der Waals surface area contributed by atoms with E-state index in [0.717, 1.165) is 40.7 Å². The van der Waals surface area contributed by atoms with Gasteiger partial charge < -0.3 is 20.3 Å². The molecule has 2 N–H and O–H groups in total. The summed E-state index contributed by atoms with van der Waals surface area (Å²) in [5.74, 6) is -0.554. The van der Waals surface area contributed by atoms with Crippen molar-refractivity contribution >= 4 is 17.9 Å². The van der Waals surface area contributed by atoms with E-state index in [1.54, 1.807) is 25.7 Å². The Kier molecular flexibility index (Phi) is 9.48. The van der Waals surface area contributed by atoms with Gasteiger partial charge in [-0.2, -0.15) is 0 Å². The van der Waals surface area contributed by atoms with Gasteiger partial charge in [0.15, 0.2) is 0 Å². The average Bonchev–Trinajstić information content (AvgIpc) is 3.77. The van der Waals surface area contributed by atoms with Crippen LogP contribution in [0.4, 0.5) is 4.79 Å². The van der Waals surface area contributed by atoms with Gasteiger partial charge in [-0.1, -0.05) is 78.9 Å². The highest BCUT2D eigenvalue weighted by Gasteiger charge is 2.44. The fraction of sp³-hybridized carbons (Fsp3) is 0.382. The number of benzene rings is 3. The van der Waals surface area contributed by atoms with Gasteiger partial charge in [0.25, 0.3) is 0 Å². The van der Waals surface area contributed by atoms with Crippen molar-refractivity contribution in [2.75, 3.05) is 0 Å². The van der Waals surface area contributed by atoms with E-state index >= 15 is 0 Å². The molecular weight excluding hydrogens is 514 g/mol. The summed E-state index contributed by atoms with van der Waals surface area (Å²) in [4.78, 5) is 43.1. The maximum atomic E-state index is 14.5. The van der Waals surface area contributed by atoms with Gasteiger partial charge in [0.1, 0.15) is 17.7 Å². The normalized spacial score (nSPS) is 14.5. The molecule has 7 heteroatoms. The molecule has 2 atom stereocenters. The lowest BCUT2D eigenvalue weighted by Gasteiger charge is -2.35. The predicted octanol–water partition coefficient (Wildman–Crippen LogP) is 5.79. The van der Waals surface area contributed by atoms with Crippen LogP contribution in [0, 0.1) is 13.8 Å². The van der Waals surface area contributed by atoms with Crippen molar-refractivity contribution in [1.29, 1.82) is 0 Å². The number of carbonyl (C=O) groups excluding carboxylic acids is 3. The molecule has 41 heavy (non-hydrogen) atoms. The number of hydrogen-bond acceptors (Lipinski definition) is 4. The third-order valence-corrected chi connectivity index (χ3v) is 7.24. The van der Waals surface area contributed by atoms with E-state index in [0.29, 0.717) is 6.54 Å². The molecule has 1 aliphatic rings. The number of nitrogens with one attached hydrogen (secondary N) is 2. The molecule has 0 radical (unpaired) electrons. The van der Waals surface area contributed by atoms with E-state index in [1.807, 2.05) is 92.7 Å². The Labute approximate surface area is 243 Å². The SMILES string of the molecule is Cc1cccc(C(C(=O)NCc2ccccc2)N(C(=O)C(Cc2ccccc2)NC(=O)OC(C)(C)C)C2CC2)c1C. The third kappa shape index (κ3) is 8.19. The standard InChI is InChI=1S/C34H41N3O4/c1-23-13-12-18-28(24(23)2)30(31(38)35-22-26-16-10-7-11-17-26)37(27-19-20-27)32(39)29(21-25-14-8-6-9-15-25)36-33(40)41-34(3,4)5/h6-18,27,29-30H,19-22H2,1-5H3,(H,35,38)(H,36,40). The van der Waals surface area contributed by atoms with E-state index < -0.39 is 23.8 Å². The van der Waals surface area contributed by atoms with Crippen LogP contribution >= 0.6 is 0 Å². The zero-order valence-corrected chi connectivity index (χ0v) is 24.6. The first-order valence-corrected chi connectivity index (χ1v) is 14.3. The van der Waals surface area contributed by atoms with Gasteiger partial charge in [-0.05, 0) is 75.3 Å². The lowest BCUT2D eigenvalue weighted by molar-refractivity contribution is -0.143. The van der Waals surface area contributed by atoms with Gasteiger partial charge in [0.2, 0.25) is 11.8 Å². The minimum absolute atomic E-state index is 0.103. The molecule has 3 aromatic rings. The molecule has 2 unspecified atom stereocenters. The van der Waals surface area contributed by atoms with Gasteiger partial charge >= 0.3 is 6.09 Å². The van der Waals surface area contributed by atoms with Gasteiger partial charge in [-0.15, -0.1) is 0 Å². The molecule has 0 saturated heterocycles. The van der Waals surface area contributed by atoms with Crippen molar-refractivity contribution in [3.63, 3.8) is 0 Å². The number of nitrogens with zero attached hydrogens (tertiary/aromatic N) is 1. The largest absolute Gasteiger partial charge is 0.444 e. The first kappa shape index (κ1) is 29.8. The van der Waals surface area contributed by atoms with Crippen LogP contribution in [0.3, 0.4) is 0 Å². The molecule has 0 heterocycles. The quantitative estimate of drug-likeness (QED) is 0.332. The highest BCUT2D eigenvalue weighted by Crippen LogP contribution is 2.37. The molecule has 216 valence electrons. The summed E-state index contributed by atoms with van der Waals surface area (Å²) < 4.78 is 5.53. The van der Waals surface area contributed by atoms with Crippen molar-refractivity contribution in [2.24, 2.45) is 0 Å². The van der Waals surface area contributed by atoms with E-state index in [1.165, 1.54) is 0 Å². The second kappa shape index (κ2) is 13.0. The van der Waals surface area contributed by atoms with Gasteiger partial charge in [-0.25, -0.2) is 4.79 Å². The summed E-state index contributed by atoms with van der Waals surface area (Å²) in [5, 5.41) is 5.91. The Morgan fingerprint density at radius 3 is 2.07 bits per heavy atom. The second-order valence-electron chi connectivity index (χ2n) is 11.8. The summed E-state index contributed by atoms with van der Waals surface area (Å²) in [6.45, 7) is 9.68. The second-order valence-corrected chi connectivity index (χ2v) is 11.8. The molecule has 3 aromatic carbocycles. The highest BCUT2D eigenvalue weighted by atomic mass is 16.6. The first-order chi connectivity index (χ1) is 19.5. The summed E-state index contributed by atoms with van der Waals surface area (Å²) in [5.41, 5.74) is 3.93. The van der Waals surface area contributed by atoms with Crippen LogP contribution in [-0.4, -0.2) is 40.5 Å². The van der Waals surface area contributed by atoms with Crippen LogP contribution < -0.4 is 10.6 Å². The predicted molar refractivity (Wildman–Crippen MR) is 160 cm³/mol. The monoisotopic (exact) mass is 555 g/mol. The van der Waals surface area contributed by atoms with E-state index in [9.17, 15) is 14.4 Å². The van der Waals surface area contributed by atoms with Crippen molar-refractivity contribution in [3.05, 3.63) is 107 Å². The van der Waals surface area contributed by atoms with Crippen molar-refractivity contribution in [2.45, 2.75) is 84.2 Å². The molecular formula is C34H41N3O4. The van der Waals surface area contributed by atoms with Crippen LogP contribution in [0.15, 0.2) is 78.9 Å². The molecule has 1 aliphatic carbocycles. The highest BCUT2D eigenvalue weighted by molar-refractivity contribution is 5.93. The summed E-state index contributed by atoms with van der Waals surface area (Å²) in [6, 6.07) is 23.2. The molecule has 7 nitrogen and oxygen atoms in total. The minimum atomic E-state index is -0.914. The topological polar surface area (TPSA) is 87.7 Å². The number of aryl methyl sites for hydroxylation is 1. The Hall–Kier alpha value is -4.13. The Bertz CT molecular complexity index is 1350. The van der Waals surface area contributed by atoms with Crippen molar-refractivity contribution in [3.8, 4) is 0 Å². The molecule has 1 saturated carbocycles. The van der Waals surface area contributed by atoms with Crippen LogP contribution in [-0.2, 0) is 27.3 Å². The number of amides is 3. The molecule has 3 amide bonds. The number of alkyl carbamates (subject to hydrolysis) is 1. The van der Waals surface area contributed by atoms with Crippen LogP contribution in [0.2, 0.25) is 0 Å². The molecule has 4 rings (SSSR count). The van der Waals surface area contributed by atoms with Crippen LogP contribution in [0.5, 0.6) is 0 Å². The molecule has 0 aromatic heterocycles. The summed E-state index contributed by atoms with van der Waals surface area (Å²) >= 11 is 0. The van der Waals surface area contributed by atoms with Crippen molar-refractivity contribution < 1.29 is 19.1 Å². The number of hydrogen-bond donors (Lipinski definition) is 2. The van der Waals surface area contributed by atoms with E-state index in [-0.39, 0.29) is 24.3 Å². The van der Waals surface area contributed by atoms with Gasteiger partial charge in [-0.3, -0.25) is 9.59 Å². The minimum Gasteiger partial charge on any atom is -0.444 e. The summed E-state index contributed by atoms with van der Waals surface area (Å²) in [6.07, 6.45) is 1.19. The maximum absolute atomic E-state index is 14.5. The van der Waals surface area contributed by atoms with Crippen molar-refractivity contribution in [1.82, 2.24) is 15.5 Å². The number of rotatable bonds is 10. The molecule has 1 fully saturated rings. The third-order valence-electron chi connectivity index (χ3n) is 7.24. The Morgan fingerprint density at radius 2 is 1.49 bits per heavy atom. The summed E-state index contributed by atoms with van der Waals surface area (Å²) in [7, 11) is 0. The zero-order valence-electron chi connectivity index (χ0n) is 24.6. The van der Waals surface area contributed by atoms with Gasteiger partial charge in [0.05, 0.1) is 0 Å². The lowest BCUT2D eigenvalue weighted by atomic mass is 9.94. The number of carbonyl (C=O) groups is 3. The van der Waals surface area contributed by atoms with Gasteiger partial charge in [0, 0.05) is 19.0 Å². The maximum Gasteiger partial charge on any atom is 0.408 e. The molecule has 0 spiro atoms. The number of ether oxygens (including phenoxy) is 1. The van der Waals surface area contributed by atoms with Crippen LogP contribution in [0.25, 0.3) is 0 Å². The molecule has 0 aliphatic heterocycles. The zero-order chi connectivity index (χ0) is 29.6. The fourth-order valence-corrected chi connectivity index (χ4v) is 4.92. The Balaban J connectivity index is 1.70. The Morgan fingerprint density at radius 1 is 0.878 bits per heavy atom. The van der Waals surface area contributed by atoms with Crippen LogP contribution in [0.1, 0.15) is 67.5 Å². The first-order valence-electron chi connectivity index (χ1n) is 14.3. The average molecular weight is 556 g/mol. The molecule has 0 bridgehead atoms. The lowest BCUT2D eigenvalue weighted by Crippen LogP contribution is -2.54. The van der Waals surface area contributed by atoms with E-state index in [2.05, 4.69) is 10.6 Å².